The molecule has 0 saturated heterocycles. The van der Waals surface area contributed by atoms with Crippen molar-refractivity contribution >= 4 is 22.0 Å². The van der Waals surface area contributed by atoms with E-state index in [0.29, 0.717) is 5.69 Å². The van der Waals surface area contributed by atoms with Crippen molar-refractivity contribution in [2.24, 2.45) is 0 Å². The van der Waals surface area contributed by atoms with Gasteiger partial charge in [-0.3, -0.25) is 0 Å². The van der Waals surface area contributed by atoms with Crippen LogP contribution < -0.4 is 10.5 Å². The third kappa shape index (κ3) is 1.80. The quantitative estimate of drug-likeness (QED) is 0.562. The van der Waals surface area contributed by atoms with Gasteiger partial charge in [0.05, 0.1) is 12.8 Å². The average molecular weight is 183 g/mol. The molecule has 2 N–H and O–H groups in total. The number of benzene rings is 1. The van der Waals surface area contributed by atoms with Gasteiger partial charge in [0.15, 0.2) is 0 Å². The van der Waals surface area contributed by atoms with E-state index in [4.69, 9.17) is 10.5 Å². The van der Waals surface area contributed by atoms with Crippen LogP contribution in [0.5, 0.6) is 5.75 Å². The van der Waals surface area contributed by atoms with Gasteiger partial charge < -0.3 is 10.5 Å². The molecule has 1 aromatic carbocycles. The molecule has 1 aromatic rings. The van der Waals surface area contributed by atoms with Gasteiger partial charge in [0.2, 0.25) is 0 Å². The molecule has 0 aliphatic rings. The van der Waals surface area contributed by atoms with Crippen molar-refractivity contribution in [1.82, 2.24) is 0 Å². The molecule has 0 fully saturated rings. The first-order chi connectivity index (χ1) is 5.65. The zero-order valence-electron chi connectivity index (χ0n) is 7.33. The molecule has 66 valence electrons. The highest BCUT2D eigenvalue weighted by Gasteiger charge is 1.99. The molecule has 0 saturated carbocycles. The van der Waals surface area contributed by atoms with Crippen LogP contribution in [0.25, 0.3) is 0 Å². The number of hydrogen-bond acceptors (Lipinski definition) is 2. The Hall–Kier alpha value is -0.960. The van der Waals surface area contributed by atoms with Gasteiger partial charge in [-0.2, -0.15) is 10.5 Å². The Morgan fingerprint density at radius 2 is 2.17 bits per heavy atom. The minimum absolute atomic E-state index is 0.0153. The number of nitrogens with two attached hydrogens (primary N) is 1. The minimum atomic E-state index is 0.0153. The first-order valence-electron chi connectivity index (χ1n) is 3.54. The van der Waals surface area contributed by atoms with Crippen molar-refractivity contribution < 1.29 is 4.74 Å². The van der Waals surface area contributed by atoms with Crippen LogP contribution in [0.4, 0.5) is 5.69 Å². The van der Waals surface area contributed by atoms with Gasteiger partial charge in [0.1, 0.15) is 5.75 Å². The van der Waals surface area contributed by atoms with Crippen molar-refractivity contribution in [2.45, 2.75) is 4.90 Å². The van der Waals surface area contributed by atoms with Crippen LogP contribution in [0.3, 0.4) is 0 Å². The fraction of sp³-hybridized carbons (Fsp3) is 0.222. The summed E-state index contributed by atoms with van der Waals surface area (Å²) in [4.78, 5) is 1.17. The van der Waals surface area contributed by atoms with Crippen molar-refractivity contribution in [3.05, 3.63) is 18.2 Å². The summed E-state index contributed by atoms with van der Waals surface area (Å²) < 4.78 is 5.09. The SMILES string of the molecule is C=S(C)c1ccc(N)c(OC)c1. The van der Waals surface area contributed by atoms with Crippen molar-refractivity contribution in [3.8, 4) is 5.75 Å². The van der Waals surface area contributed by atoms with Crippen molar-refractivity contribution in [2.75, 3.05) is 19.1 Å². The molecule has 0 aromatic heterocycles. The van der Waals surface area contributed by atoms with E-state index in [-0.39, 0.29) is 10.5 Å². The number of ether oxygens (including phenoxy) is 1. The molecule has 0 heterocycles. The third-order valence-electron chi connectivity index (χ3n) is 1.61. The maximum atomic E-state index is 5.66. The van der Waals surface area contributed by atoms with E-state index in [2.05, 4.69) is 12.1 Å². The Morgan fingerprint density at radius 1 is 1.50 bits per heavy atom. The van der Waals surface area contributed by atoms with Crippen molar-refractivity contribution in [1.29, 1.82) is 0 Å². The Kier molecular flexibility index (Phi) is 2.76. The van der Waals surface area contributed by atoms with Gasteiger partial charge in [-0.15, -0.1) is 0 Å². The Morgan fingerprint density at radius 3 is 2.67 bits per heavy atom. The number of anilines is 1. The molecule has 1 unspecified atom stereocenters. The molecule has 0 radical (unpaired) electrons. The summed E-state index contributed by atoms with van der Waals surface area (Å²) in [7, 11) is 1.63. The van der Waals surface area contributed by atoms with Gasteiger partial charge in [-0.1, -0.05) is 5.87 Å². The molecule has 0 amide bonds. The maximum absolute atomic E-state index is 5.66. The molecule has 0 aliphatic carbocycles. The van der Waals surface area contributed by atoms with E-state index in [0.717, 1.165) is 5.75 Å². The Balaban J connectivity index is 3.13. The first kappa shape index (κ1) is 9.13. The van der Waals surface area contributed by atoms with E-state index < -0.39 is 0 Å². The van der Waals surface area contributed by atoms with E-state index in [9.17, 15) is 0 Å². The lowest BCUT2D eigenvalue weighted by Gasteiger charge is -2.07. The average Bonchev–Trinajstić information content (AvgIpc) is 2.05. The lowest BCUT2D eigenvalue weighted by molar-refractivity contribution is 0.416. The molecule has 0 spiro atoms. The number of methoxy groups -OCH3 is 1. The van der Waals surface area contributed by atoms with Gasteiger partial charge in [-0.25, -0.2) is 0 Å². The molecule has 3 heteroatoms. The highest BCUT2D eigenvalue weighted by Crippen LogP contribution is 2.29. The van der Waals surface area contributed by atoms with E-state index in [1.165, 1.54) is 4.90 Å². The smallest absolute Gasteiger partial charge is 0.142 e. The second kappa shape index (κ2) is 3.63. The second-order valence-corrected chi connectivity index (χ2v) is 4.29. The number of rotatable bonds is 2. The van der Waals surface area contributed by atoms with Crippen molar-refractivity contribution in [3.63, 3.8) is 0 Å². The summed E-state index contributed by atoms with van der Waals surface area (Å²) in [5.41, 5.74) is 6.33. The molecule has 0 aliphatic heterocycles. The molecule has 1 atom stereocenters. The van der Waals surface area contributed by atoms with Gasteiger partial charge in [-0.05, 0) is 24.5 Å². The molecule has 1 rings (SSSR count). The summed E-state index contributed by atoms with van der Waals surface area (Å²) in [5, 5.41) is 0. The third-order valence-corrected chi connectivity index (χ3v) is 2.67. The van der Waals surface area contributed by atoms with Gasteiger partial charge in [0.25, 0.3) is 0 Å². The van der Waals surface area contributed by atoms with E-state index in [1.807, 2.05) is 18.2 Å². The highest BCUT2D eigenvalue weighted by atomic mass is 32.2. The molecular weight excluding hydrogens is 170 g/mol. The largest absolute Gasteiger partial charge is 0.495 e. The maximum Gasteiger partial charge on any atom is 0.142 e. The molecule has 12 heavy (non-hydrogen) atoms. The number of nitrogen functional groups attached to an aromatic ring is 1. The topological polar surface area (TPSA) is 35.2 Å². The molecular formula is C9H13NOS. The highest BCUT2D eigenvalue weighted by molar-refractivity contribution is 8.13. The fourth-order valence-electron chi connectivity index (χ4n) is 0.908. The standard InChI is InChI=1S/C9H13NOS/c1-11-9-6-7(12(2)3)4-5-8(9)10/h4-6H,2,10H2,1,3H3. The summed E-state index contributed by atoms with van der Waals surface area (Å²) in [6, 6.07) is 5.77. The summed E-state index contributed by atoms with van der Waals surface area (Å²) in [6.45, 7) is 0. The van der Waals surface area contributed by atoms with E-state index >= 15 is 0 Å². The van der Waals surface area contributed by atoms with Gasteiger partial charge >= 0.3 is 0 Å². The van der Waals surface area contributed by atoms with Crippen LogP contribution in [0.2, 0.25) is 0 Å². The molecule has 0 bridgehead atoms. The normalized spacial score (nSPS) is 12.5. The summed E-state index contributed by atoms with van der Waals surface area (Å²) >= 11 is 0. The van der Waals surface area contributed by atoms with E-state index in [1.54, 1.807) is 7.11 Å². The van der Waals surface area contributed by atoms with Crippen LogP contribution in [0.1, 0.15) is 0 Å². The molecule has 2 nitrogen and oxygen atoms in total. The van der Waals surface area contributed by atoms with Crippen LogP contribution in [-0.2, 0) is 0 Å². The Bertz CT molecular complexity index is 309. The van der Waals surface area contributed by atoms with Crippen LogP contribution >= 0.6 is 10.5 Å². The number of hydrogen-bond donors (Lipinski definition) is 1. The summed E-state index contributed by atoms with van der Waals surface area (Å²) in [6.07, 6.45) is 2.06. The Labute approximate surface area is 75.3 Å². The lowest BCUT2D eigenvalue weighted by Crippen LogP contribution is -1.91. The van der Waals surface area contributed by atoms with Crippen LogP contribution in [0.15, 0.2) is 23.1 Å². The monoisotopic (exact) mass is 183 g/mol. The first-order valence-corrected chi connectivity index (χ1v) is 5.34. The second-order valence-electron chi connectivity index (χ2n) is 2.54. The van der Waals surface area contributed by atoms with Crippen LogP contribution in [-0.4, -0.2) is 19.2 Å². The zero-order chi connectivity index (χ0) is 9.14. The predicted molar refractivity (Wildman–Crippen MR) is 56.3 cm³/mol. The predicted octanol–water partition coefficient (Wildman–Crippen LogP) is 1.97. The van der Waals surface area contributed by atoms with Crippen LogP contribution in [0, 0.1) is 0 Å². The fourth-order valence-corrected chi connectivity index (χ4v) is 1.52. The zero-order valence-corrected chi connectivity index (χ0v) is 8.15. The van der Waals surface area contributed by atoms with Gasteiger partial charge in [0, 0.05) is 4.90 Å². The summed E-state index contributed by atoms with van der Waals surface area (Å²) in [5.74, 6) is 4.68. The minimum Gasteiger partial charge on any atom is -0.495 e. The lowest BCUT2D eigenvalue weighted by atomic mass is 10.3.